The molecule has 4 heterocycles. The summed E-state index contributed by atoms with van der Waals surface area (Å²) in [5.74, 6) is -0.120. The van der Waals surface area contributed by atoms with E-state index in [1.807, 2.05) is 0 Å². The third-order valence-corrected chi connectivity index (χ3v) is 6.92. The fourth-order valence-electron chi connectivity index (χ4n) is 5.03. The quantitative estimate of drug-likeness (QED) is 0.473. The molecule has 0 radical (unpaired) electrons. The van der Waals surface area contributed by atoms with Gasteiger partial charge in [-0.05, 0) is 43.9 Å². The number of benzene rings is 1. The summed E-state index contributed by atoms with van der Waals surface area (Å²) in [6.07, 6.45) is 4.43. The van der Waals surface area contributed by atoms with Gasteiger partial charge in [-0.15, -0.1) is 0 Å². The molecule has 0 atom stereocenters. The van der Waals surface area contributed by atoms with Gasteiger partial charge in [0.2, 0.25) is 5.82 Å². The third-order valence-electron chi connectivity index (χ3n) is 6.92. The van der Waals surface area contributed by atoms with Crippen LogP contribution < -0.4 is 5.56 Å². The molecule has 0 spiro atoms. The number of imidazole rings is 1. The summed E-state index contributed by atoms with van der Waals surface area (Å²) in [5, 5.41) is 14.8. The Bertz CT molecular complexity index is 1410. The molecule has 1 aliphatic carbocycles. The zero-order valence-corrected chi connectivity index (χ0v) is 18.6. The number of ether oxygens (including phenoxy) is 1. The van der Waals surface area contributed by atoms with E-state index in [1.165, 1.54) is 18.5 Å². The molecule has 1 saturated carbocycles. The van der Waals surface area contributed by atoms with Gasteiger partial charge >= 0.3 is 0 Å². The van der Waals surface area contributed by atoms with Gasteiger partial charge in [0.1, 0.15) is 23.3 Å². The Balaban J connectivity index is 1.47. The standard InChI is InChI=1S/C23H25FN6O4/c24-15-3-4-16-17(13-15)29(8-7-28-9-11-33-12-10-28)21(31)19-18(25-14-30(16)19)20-26-22(27-34-20)23(32)5-1-2-6-23/h3-4,13-14,32H,1-2,5-12H2. The van der Waals surface area contributed by atoms with E-state index in [2.05, 4.69) is 20.0 Å². The van der Waals surface area contributed by atoms with Crippen LogP contribution in [0.25, 0.3) is 28.1 Å². The molecule has 1 saturated heterocycles. The fourth-order valence-corrected chi connectivity index (χ4v) is 5.03. The van der Waals surface area contributed by atoms with Crippen LogP contribution in [0.15, 0.2) is 33.8 Å². The van der Waals surface area contributed by atoms with E-state index in [-0.39, 0.29) is 28.5 Å². The Morgan fingerprint density at radius 3 is 2.71 bits per heavy atom. The van der Waals surface area contributed by atoms with Crippen molar-refractivity contribution in [1.29, 1.82) is 0 Å². The van der Waals surface area contributed by atoms with Crippen LogP contribution in [0.1, 0.15) is 31.5 Å². The minimum Gasteiger partial charge on any atom is -0.382 e. The minimum absolute atomic E-state index is 0.0797. The van der Waals surface area contributed by atoms with Crippen molar-refractivity contribution in [1.82, 2.24) is 29.0 Å². The van der Waals surface area contributed by atoms with E-state index in [9.17, 15) is 14.3 Å². The number of aliphatic hydroxyl groups is 1. The number of hydrogen-bond acceptors (Lipinski definition) is 8. The predicted octanol–water partition coefficient (Wildman–Crippen LogP) is 1.93. The van der Waals surface area contributed by atoms with Crippen molar-refractivity contribution in [2.45, 2.75) is 37.8 Å². The molecule has 0 unspecified atom stereocenters. The van der Waals surface area contributed by atoms with E-state index in [0.29, 0.717) is 50.2 Å². The molecule has 1 aliphatic heterocycles. The third kappa shape index (κ3) is 3.51. The molecule has 4 aromatic rings. The van der Waals surface area contributed by atoms with Gasteiger partial charge in [0.25, 0.3) is 11.4 Å². The number of morpholine rings is 1. The minimum atomic E-state index is -1.11. The Kier molecular flexibility index (Phi) is 5.19. The van der Waals surface area contributed by atoms with E-state index in [1.54, 1.807) is 15.0 Å². The van der Waals surface area contributed by atoms with E-state index >= 15 is 0 Å². The van der Waals surface area contributed by atoms with Crippen molar-refractivity contribution in [2.24, 2.45) is 0 Å². The van der Waals surface area contributed by atoms with Gasteiger partial charge in [-0.3, -0.25) is 14.1 Å². The molecular formula is C23H25FN6O4. The monoisotopic (exact) mass is 468 g/mol. The van der Waals surface area contributed by atoms with E-state index in [0.717, 1.165) is 25.9 Å². The van der Waals surface area contributed by atoms with Crippen LogP contribution in [-0.4, -0.2) is 66.9 Å². The lowest BCUT2D eigenvalue weighted by Gasteiger charge is -2.27. The largest absolute Gasteiger partial charge is 0.382 e. The van der Waals surface area contributed by atoms with Crippen molar-refractivity contribution >= 4 is 16.6 Å². The average molecular weight is 468 g/mol. The molecule has 2 fully saturated rings. The number of hydrogen-bond donors (Lipinski definition) is 1. The summed E-state index contributed by atoms with van der Waals surface area (Å²) >= 11 is 0. The molecule has 1 aromatic carbocycles. The van der Waals surface area contributed by atoms with Crippen LogP contribution in [0.5, 0.6) is 0 Å². The smallest absolute Gasteiger partial charge is 0.279 e. The lowest BCUT2D eigenvalue weighted by molar-refractivity contribution is 0.0328. The normalized spacial score (nSPS) is 18.9. The van der Waals surface area contributed by atoms with Crippen LogP contribution >= 0.6 is 0 Å². The zero-order valence-electron chi connectivity index (χ0n) is 18.6. The SMILES string of the molecule is O=c1c2c(-c3nc(C4(O)CCCC4)no3)ncn2c2ccc(F)cc2n1CCN1CCOCC1. The molecule has 0 bridgehead atoms. The van der Waals surface area contributed by atoms with Gasteiger partial charge < -0.3 is 18.9 Å². The molecule has 3 aromatic heterocycles. The highest BCUT2D eigenvalue weighted by Crippen LogP contribution is 2.37. The van der Waals surface area contributed by atoms with Gasteiger partial charge in [-0.2, -0.15) is 4.98 Å². The van der Waals surface area contributed by atoms with Crippen LogP contribution in [0.3, 0.4) is 0 Å². The summed E-state index contributed by atoms with van der Waals surface area (Å²) < 4.78 is 28.2. The second-order valence-corrected chi connectivity index (χ2v) is 9.02. The molecule has 2 aliphatic rings. The first-order valence-corrected chi connectivity index (χ1v) is 11.6. The number of aromatic nitrogens is 5. The number of fused-ring (bicyclic) bond motifs is 3. The van der Waals surface area contributed by atoms with Gasteiger partial charge in [0.15, 0.2) is 5.69 Å². The molecule has 34 heavy (non-hydrogen) atoms. The highest BCUT2D eigenvalue weighted by molar-refractivity contribution is 5.83. The average Bonchev–Trinajstić information content (AvgIpc) is 3.59. The maximum absolute atomic E-state index is 14.2. The van der Waals surface area contributed by atoms with Gasteiger partial charge in [-0.25, -0.2) is 9.37 Å². The van der Waals surface area contributed by atoms with Gasteiger partial charge in [0, 0.05) is 26.2 Å². The summed E-state index contributed by atoms with van der Waals surface area (Å²) in [5.41, 5.74) is 0.219. The van der Waals surface area contributed by atoms with Crippen LogP contribution in [-0.2, 0) is 16.9 Å². The molecule has 178 valence electrons. The first-order chi connectivity index (χ1) is 16.5. The van der Waals surface area contributed by atoms with Crippen LogP contribution in [0.2, 0.25) is 0 Å². The van der Waals surface area contributed by atoms with Crippen LogP contribution in [0, 0.1) is 5.82 Å². The fraction of sp³-hybridized carbons (Fsp3) is 0.478. The van der Waals surface area contributed by atoms with Crippen LogP contribution in [0.4, 0.5) is 4.39 Å². The van der Waals surface area contributed by atoms with Crippen molar-refractivity contribution in [2.75, 3.05) is 32.8 Å². The topological polar surface area (TPSA) is 111 Å². The second kappa shape index (κ2) is 8.26. The van der Waals surface area contributed by atoms with Crippen molar-refractivity contribution in [3.05, 3.63) is 46.5 Å². The summed E-state index contributed by atoms with van der Waals surface area (Å²) in [7, 11) is 0. The Morgan fingerprint density at radius 1 is 1.12 bits per heavy atom. The van der Waals surface area contributed by atoms with E-state index in [4.69, 9.17) is 9.26 Å². The zero-order chi connectivity index (χ0) is 23.3. The first kappa shape index (κ1) is 21.4. The Morgan fingerprint density at radius 2 is 1.91 bits per heavy atom. The molecule has 11 heteroatoms. The van der Waals surface area contributed by atoms with Crippen molar-refractivity contribution in [3.63, 3.8) is 0 Å². The lowest BCUT2D eigenvalue weighted by Crippen LogP contribution is -2.39. The summed E-state index contributed by atoms with van der Waals surface area (Å²) in [6.45, 7) is 3.90. The predicted molar refractivity (Wildman–Crippen MR) is 120 cm³/mol. The van der Waals surface area contributed by atoms with Crippen molar-refractivity contribution < 1.29 is 18.8 Å². The number of halogens is 1. The first-order valence-electron chi connectivity index (χ1n) is 11.6. The molecule has 0 amide bonds. The molecule has 1 N–H and O–H groups in total. The number of nitrogens with zero attached hydrogens (tertiary/aromatic N) is 6. The Hall–Kier alpha value is -3.15. The molecular weight excluding hydrogens is 443 g/mol. The highest BCUT2D eigenvalue weighted by Gasteiger charge is 2.38. The molecule has 10 nitrogen and oxygen atoms in total. The Labute approximate surface area is 193 Å². The van der Waals surface area contributed by atoms with E-state index < -0.39 is 11.4 Å². The number of rotatable bonds is 5. The maximum Gasteiger partial charge on any atom is 0.279 e. The maximum atomic E-state index is 14.2. The summed E-state index contributed by atoms with van der Waals surface area (Å²) in [4.78, 5) is 24.7. The van der Waals surface area contributed by atoms with Gasteiger partial charge in [-0.1, -0.05) is 5.16 Å². The highest BCUT2D eigenvalue weighted by atomic mass is 19.1. The molecule has 6 rings (SSSR count). The van der Waals surface area contributed by atoms with Crippen molar-refractivity contribution in [3.8, 4) is 11.6 Å². The lowest BCUT2D eigenvalue weighted by atomic mass is 10.0. The summed E-state index contributed by atoms with van der Waals surface area (Å²) in [6, 6.07) is 4.36. The van der Waals surface area contributed by atoms with Gasteiger partial charge in [0.05, 0.1) is 24.2 Å². The second-order valence-electron chi connectivity index (χ2n) is 9.02.